The summed E-state index contributed by atoms with van der Waals surface area (Å²) in [4.78, 5) is 6.66. The summed E-state index contributed by atoms with van der Waals surface area (Å²) in [5, 5.41) is 0.279. The molecule has 6 nitrogen and oxygen atoms in total. The van der Waals surface area contributed by atoms with Crippen molar-refractivity contribution in [3.05, 3.63) is 35.7 Å². The Kier molecular flexibility index (Phi) is 5.71. The molecule has 1 aliphatic rings. The van der Waals surface area contributed by atoms with E-state index in [1.165, 1.54) is 31.2 Å². The van der Waals surface area contributed by atoms with Crippen LogP contribution in [0, 0.1) is 6.92 Å². The SMILES string of the molecule is CCC1CCCCN1Cc1ccc(S(=O)(=O)Nc2ncns2)cc1C. The van der Waals surface area contributed by atoms with E-state index < -0.39 is 10.0 Å². The number of nitrogens with one attached hydrogen (secondary N) is 1. The summed E-state index contributed by atoms with van der Waals surface area (Å²) in [5.41, 5.74) is 2.19. The molecule has 8 heteroatoms. The molecule has 136 valence electrons. The normalized spacial score (nSPS) is 19.0. The molecule has 2 heterocycles. The number of aryl methyl sites for hydroxylation is 1. The van der Waals surface area contributed by atoms with E-state index in [1.807, 2.05) is 13.0 Å². The number of sulfonamides is 1. The second kappa shape index (κ2) is 7.80. The average Bonchev–Trinajstić information content (AvgIpc) is 3.09. The number of benzene rings is 1. The molecule has 0 radical (unpaired) electrons. The zero-order chi connectivity index (χ0) is 17.9. The van der Waals surface area contributed by atoms with Crippen LogP contribution in [0.3, 0.4) is 0 Å². The first-order chi connectivity index (χ1) is 12.0. The largest absolute Gasteiger partial charge is 0.296 e. The number of aromatic nitrogens is 2. The molecule has 0 bridgehead atoms. The van der Waals surface area contributed by atoms with E-state index in [0.29, 0.717) is 6.04 Å². The zero-order valence-electron chi connectivity index (χ0n) is 14.6. The van der Waals surface area contributed by atoms with Crippen molar-refractivity contribution < 1.29 is 8.42 Å². The Balaban J connectivity index is 1.76. The monoisotopic (exact) mass is 380 g/mol. The molecule has 2 aromatic rings. The summed E-state index contributed by atoms with van der Waals surface area (Å²) in [6, 6.07) is 5.99. The van der Waals surface area contributed by atoms with E-state index in [4.69, 9.17) is 0 Å². The first kappa shape index (κ1) is 18.3. The highest BCUT2D eigenvalue weighted by Crippen LogP contribution is 2.24. The summed E-state index contributed by atoms with van der Waals surface area (Å²) < 4.78 is 31.2. The van der Waals surface area contributed by atoms with Gasteiger partial charge in [-0.25, -0.2) is 13.4 Å². The number of piperidine rings is 1. The van der Waals surface area contributed by atoms with Crippen molar-refractivity contribution in [1.29, 1.82) is 0 Å². The van der Waals surface area contributed by atoms with Crippen molar-refractivity contribution in [2.45, 2.75) is 57.0 Å². The van der Waals surface area contributed by atoms with Gasteiger partial charge in [-0.15, -0.1) is 0 Å². The van der Waals surface area contributed by atoms with Crippen molar-refractivity contribution in [3.8, 4) is 0 Å². The molecule has 0 saturated carbocycles. The van der Waals surface area contributed by atoms with Crippen LogP contribution in [-0.4, -0.2) is 35.3 Å². The number of hydrogen-bond donors (Lipinski definition) is 1. The van der Waals surface area contributed by atoms with Crippen LogP contribution in [0.1, 0.15) is 43.7 Å². The van der Waals surface area contributed by atoms with E-state index in [0.717, 1.165) is 36.6 Å². The Labute approximate surface area is 153 Å². The van der Waals surface area contributed by atoms with Gasteiger partial charge in [0.2, 0.25) is 5.13 Å². The van der Waals surface area contributed by atoms with Gasteiger partial charge in [0.05, 0.1) is 4.90 Å². The van der Waals surface area contributed by atoms with Crippen LogP contribution in [0.5, 0.6) is 0 Å². The Hall–Kier alpha value is -1.51. The second-order valence-corrected chi connectivity index (χ2v) is 8.93. The maximum atomic E-state index is 12.5. The Morgan fingerprint density at radius 3 is 2.88 bits per heavy atom. The maximum absolute atomic E-state index is 12.5. The van der Waals surface area contributed by atoms with Gasteiger partial charge < -0.3 is 0 Å². The number of likely N-dealkylation sites (tertiary alicyclic amines) is 1. The van der Waals surface area contributed by atoms with E-state index >= 15 is 0 Å². The second-order valence-electron chi connectivity index (χ2n) is 6.47. The Morgan fingerprint density at radius 2 is 2.20 bits per heavy atom. The molecule has 0 aliphatic carbocycles. The standard InChI is InChI=1S/C17H24N4O2S2/c1-3-15-6-4-5-9-21(15)11-14-7-8-16(10-13(14)2)25(22,23)20-17-18-12-19-24-17/h7-8,10,12,15H,3-6,9,11H2,1-2H3,(H,18,19,20). The van der Waals surface area contributed by atoms with Gasteiger partial charge in [0.15, 0.2) is 0 Å². The van der Waals surface area contributed by atoms with Crippen LogP contribution >= 0.6 is 11.5 Å². The first-order valence-electron chi connectivity index (χ1n) is 8.62. The van der Waals surface area contributed by atoms with Crippen LogP contribution in [0.4, 0.5) is 5.13 Å². The van der Waals surface area contributed by atoms with Gasteiger partial charge in [-0.1, -0.05) is 19.4 Å². The van der Waals surface area contributed by atoms with Crippen molar-refractivity contribution in [2.75, 3.05) is 11.3 Å². The van der Waals surface area contributed by atoms with Crippen LogP contribution in [-0.2, 0) is 16.6 Å². The molecule has 1 aromatic carbocycles. The molecule has 1 unspecified atom stereocenters. The van der Waals surface area contributed by atoms with Crippen molar-refractivity contribution >= 4 is 26.7 Å². The first-order valence-corrected chi connectivity index (χ1v) is 10.9. The number of hydrogen-bond acceptors (Lipinski definition) is 6. The predicted molar refractivity (Wildman–Crippen MR) is 100 cm³/mol. The lowest BCUT2D eigenvalue weighted by atomic mass is 9.98. The van der Waals surface area contributed by atoms with Gasteiger partial charge in [0.25, 0.3) is 10.0 Å². The summed E-state index contributed by atoms with van der Waals surface area (Å²) >= 11 is 1.02. The van der Waals surface area contributed by atoms with Gasteiger partial charge in [0, 0.05) is 24.1 Å². The lowest BCUT2D eigenvalue weighted by molar-refractivity contribution is 0.136. The van der Waals surface area contributed by atoms with Crippen LogP contribution in [0.25, 0.3) is 0 Å². The molecule has 1 aromatic heterocycles. The summed E-state index contributed by atoms with van der Waals surface area (Å²) in [7, 11) is -3.63. The van der Waals surface area contributed by atoms with E-state index in [9.17, 15) is 8.42 Å². The molecule has 25 heavy (non-hydrogen) atoms. The highest BCUT2D eigenvalue weighted by Gasteiger charge is 2.22. The van der Waals surface area contributed by atoms with Crippen LogP contribution in [0.15, 0.2) is 29.4 Å². The maximum Gasteiger partial charge on any atom is 0.263 e. The van der Waals surface area contributed by atoms with Crippen molar-refractivity contribution in [2.24, 2.45) is 0 Å². The third-order valence-corrected chi connectivity index (χ3v) is 6.85. The number of nitrogens with zero attached hydrogens (tertiary/aromatic N) is 3. The van der Waals surface area contributed by atoms with Gasteiger partial charge in [-0.05, 0) is 56.0 Å². The lowest BCUT2D eigenvalue weighted by Crippen LogP contribution is -2.38. The molecule has 0 spiro atoms. The molecule has 1 saturated heterocycles. The van der Waals surface area contributed by atoms with Gasteiger partial charge in [-0.3, -0.25) is 9.62 Å². The van der Waals surface area contributed by atoms with E-state index in [2.05, 4.69) is 25.9 Å². The van der Waals surface area contributed by atoms with Gasteiger partial charge >= 0.3 is 0 Å². The topological polar surface area (TPSA) is 75.2 Å². The smallest absolute Gasteiger partial charge is 0.263 e. The lowest BCUT2D eigenvalue weighted by Gasteiger charge is -2.35. The van der Waals surface area contributed by atoms with Gasteiger partial charge in [0.1, 0.15) is 6.33 Å². The quantitative estimate of drug-likeness (QED) is 0.831. The molecule has 1 aliphatic heterocycles. The predicted octanol–water partition coefficient (Wildman–Crippen LogP) is 3.41. The van der Waals surface area contributed by atoms with Crippen molar-refractivity contribution in [3.63, 3.8) is 0 Å². The Morgan fingerprint density at radius 1 is 1.36 bits per heavy atom. The van der Waals surface area contributed by atoms with Crippen molar-refractivity contribution in [1.82, 2.24) is 14.3 Å². The van der Waals surface area contributed by atoms with E-state index in [-0.39, 0.29) is 10.0 Å². The molecule has 0 amide bonds. The fourth-order valence-electron chi connectivity index (χ4n) is 3.35. The fraction of sp³-hybridized carbons (Fsp3) is 0.529. The Bertz CT molecular complexity index is 806. The van der Waals surface area contributed by atoms with Gasteiger partial charge in [-0.2, -0.15) is 4.37 Å². The molecular formula is C17H24N4O2S2. The van der Waals surface area contributed by atoms with Crippen LogP contribution in [0.2, 0.25) is 0 Å². The third kappa shape index (κ3) is 4.37. The minimum atomic E-state index is -3.63. The average molecular weight is 381 g/mol. The molecule has 3 rings (SSSR count). The number of rotatable bonds is 6. The third-order valence-electron chi connectivity index (χ3n) is 4.80. The highest BCUT2D eigenvalue weighted by atomic mass is 32.2. The number of anilines is 1. The van der Waals surface area contributed by atoms with Crippen LogP contribution < -0.4 is 4.72 Å². The molecule has 1 N–H and O–H groups in total. The fourth-order valence-corrected chi connectivity index (χ4v) is 5.10. The summed E-state index contributed by atoms with van der Waals surface area (Å²) in [6.07, 6.45) is 6.31. The highest BCUT2D eigenvalue weighted by molar-refractivity contribution is 7.93. The minimum Gasteiger partial charge on any atom is -0.296 e. The molecule has 1 atom stereocenters. The molecule has 1 fully saturated rings. The molecular weight excluding hydrogens is 356 g/mol. The minimum absolute atomic E-state index is 0.259. The van der Waals surface area contributed by atoms with E-state index in [1.54, 1.807) is 12.1 Å². The summed E-state index contributed by atoms with van der Waals surface area (Å²) in [5.74, 6) is 0. The zero-order valence-corrected chi connectivity index (χ0v) is 16.2. The summed E-state index contributed by atoms with van der Waals surface area (Å²) in [6.45, 7) is 6.22.